The Morgan fingerprint density at radius 3 is 3.17 bits per heavy atom. The van der Waals surface area contributed by atoms with E-state index in [2.05, 4.69) is 14.9 Å². The zero-order chi connectivity index (χ0) is 12.5. The highest BCUT2D eigenvalue weighted by Gasteiger charge is 2.40. The van der Waals surface area contributed by atoms with Crippen LogP contribution in [0.3, 0.4) is 0 Å². The first-order valence-corrected chi connectivity index (χ1v) is 6.73. The molecule has 2 N–H and O–H groups in total. The summed E-state index contributed by atoms with van der Waals surface area (Å²) in [5, 5.41) is 9.30. The number of rotatable bonds is 3. The molecular weight excluding hydrogens is 230 g/mol. The van der Waals surface area contributed by atoms with Gasteiger partial charge in [0.05, 0.1) is 19.3 Å². The summed E-state index contributed by atoms with van der Waals surface area (Å²) in [6.07, 6.45) is 4.21. The van der Waals surface area contributed by atoms with Crippen LogP contribution in [0.1, 0.15) is 24.4 Å². The van der Waals surface area contributed by atoms with Crippen molar-refractivity contribution in [1.29, 1.82) is 0 Å². The van der Waals surface area contributed by atoms with Crippen LogP contribution in [0.15, 0.2) is 6.20 Å². The third-order valence-electron chi connectivity index (χ3n) is 4.12. The van der Waals surface area contributed by atoms with E-state index >= 15 is 0 Å². The van der Waals surface area contributed by atoms with Crippen molar-refractivity contribution in [3.8, 4) is 0 Å². The average molecular weight is 251 g/mol. The van der Waals surface area contributed by atoms with Crippen LogP contribution in [-0.2, 0) is 11.3 Å². The van der Waals surface area contributed by atoms with Gasteiger partial charge in [0.15, 0.2) is 0 Å². The first-order valence-electron chi connectivity index (χ1n) is 6.73. The first-order chi connectivity index (χ1) is 8.76. The van der Waals surface area contributed by atoms with Crippen LogP contribution in [0, 0.1) is 12.8 Å². The van der Waals surface area contributed by atoms with E-state index in [1.54, 1.807) is 0 Å². The highest BCUT2D eigenvalue weighted by Crippen LogP contribution is 2.34. The molecule has 0 bridgehead atoms. The summed E-state index contributed by atoms with van der Waals surface area (Å²) in [6.45, 7) is 4.91. The van der Waals surface area contributed by atoms with E-state index in [1.165, 1.54) is 0 Å². The molecule has 0 aromatic carbocycles. The van der Waals surface area contributed by atoms with Crippen LogP contribution >= 0.6 is 0 Å². The number of nitrogens with one attached hydrogen (secondary N) is 1. The molecule has 1 saturated carbocycles. The number of H-pyrrole nitrogens is 1. The minimum Gasteiger partial charge on any atom is -0.396 e. The number of ether oxygens (including phenoxy) is 1. The Hall–Kier alpha value is -0.910. The molecule has 2 fully saturated rings. The highest BCUT2D eigenvalue weighted by atomic mass is 16.5. The van der Waals surface area contributed by atoms with Crippen LogP contribution in [0.2, 0.25) is 0 Å². The van der Waals surface area contributed by atoms with E-state index in [-0.39, 0.29) is 6.61 Å². The number of hydrogen-bond donors (Lipinski definition) is 2. The Bertz CT molecular complexity index is 407. The van der Waals surface area contributed by atoms with Crippen molar-refractivity contribution in [1.82, 2.24) is 14.9 Å². The van der Waals surface area contributed by atoms with Crippen LogP contribution < -0.4 is 0 Å². The lowest BCUT2D eigenvalue weighted by atomic mass is 10.1. The Labute approximate surface area is 107 Å². The lowest BCUT2D eigenvalue weighted by Gasteiger charge is -2.37. The van der Waals surface area contributed by atoms with Gasteiger partial charge in [-0.25, -0.2) is 4.98 Å². The van der Waals surface area contributed by atoms with Gasteiger partial charge in [0, 0.05) is 31.1 Å². The number of nitrogens with zero attached hydrogens (tertiary/aromatic N) is 2. The number of aromatic nitrogens is 2. The lowest BCUT2D eigenvalue weighted by Crippen LogP contribution is -2.48. The van der Waals surface area contributed by atoms with E-state index in [0.717, 1.165) is 44.1 Å². The maximum absolute atomic E-state index is 9.30. The maximum Gasteiger partial charge on any atom is 0.120 e. The van der Waals surface area contributed by atoms with E-state index in [0.29, 0.717) is 18.1 Å². The Kier molecular flexibility index (Phi) is 3.37. The average Bonchev–Trinajstić information content (AvgIpc) is 2.96. The van der Waals surface area contributed by atoms with Gasteiger partial charge < -0.3 is 14.8 Å². The number of fused-ring (bicyclic) bond motifs is 1. The van der Waals surface area contributed by atoms with Gasteiger partial charge >= 0.3 is 0 Å². The standard InChI is InChI=1S/C13H21N3O2/c1-9-6-14-13(15-9)7-16-2-3-18-12-5-10(8-17)4-11(12)16/h6,10-12,17H,2-5,7-8H2,1H3,(H,14,15)/t10-,11+,12+/m1/s1. The molecule has 3 atom stereocenters. The summed E-state index contributed by atoms with van der Waals surface area (Å²) >= 11 is 0. The highest BCUT2D eigenvalue weighted by molar-refractivity contribution is 5.00. The fourth-order valence-electron chi connectivity index (χ4n) is 3.21. The normalized spacial score (nSPS) is 32.7. The molecule has 100 valence electrons. The molecule has 0 amide bonds. The monoisotopic (exact) mass is 251 g/mol. The van der Waals surface area contributed by atoms with Crippen LogP contribution in [0.4, 0.5) is 0 Å². The van der Waals surface area contributed by atoms with Crippen LogP contribution in [0.25, 0.3) is 0 Å². The summed E-state index contributed by atoms with van der Waals surface area (Å²) in [7, 11) is 0. The van der Waals surface area contributed by atoms with E-state index in [1.807, 2.05) is 13.1 Å². The molecule has 0 radical (unpaired) electrons. The maximum atomic E-state index is 9.30. The largest absolute Gasteiger partial charge is 0.396 e. The molecule has 3 rings (SSSR count). The molecule has 2 heterocycles. The number of aromatic amines is 1. The number of hydrogen-bond acceptors (Lipinski definition) is 4. The zero-order valence-electron chi connectivity index (χ0n) is 10.8. The van der Waals surface area contributed by atoms with E-state index < -0.39 is 0 Å². The fraction of sp³-hybridized carbons (Fsp3) is 0.769. The van der Waals surface area contributed by atoms with Gasteiger partial charge in [-0.05, 0) is 25.7 Å². The molecular formula is C13H21N3O2. The molecule has 1 aliphatic carbocycles. The zero-order valence-corrected chi connectivity index (χ0v) is 10.8. The first kappa shape index (κ1) is 12.1. The second-order valence-electron chi connectivity index (χ2n) is 5.48. The smallest absolute Gasteiger partial charge is 0.120 e. The predicted octanol–water partition coefficient (Wildman–Crippen LogP) is 0.690. The fourth-order valence-corrected chi connectivity index (χ4v) is 3.21. The van der Waals surface area contributed by atoms with Gasteiger partial charge in [0.2, 0.25) is 0 Å². The van der Waals surface area contributed by atoms with Gasteiger partial charge in [-0.15, -0.1) is 0 Å². The van der Waals surface area contributed by atoms with Crippen molar-refractivity contribution >= 4 is 0 Å². The molecule has 5 heteroatoms. The van der Waals surface area contributed by atoms with Crippen molar-refractivity contribution in [2.45, 2.75) is 38.5 Å². The van der Waals surface area contributed by atoms with Crippen molar-refractivity contribution in [2.75, 3.05) is 19.8 Å². The predicted molar refractivity (Wildman–Crippen MR) is 67.1 cm³/mol. The molecule has 1 aromatic heterocycles. The number of aryl methyl sites for hydroxylation is 1. The van der Waals surface area contributed by atoms with Gasteiger partial charge in [-0.2, -0.15) is 0 Å². The Balaban J connectivity index is 1.68. The van der Waals surface area contributed by atoms with Gasteiger partial charge in [-0.3, -0.25) is 4.90 Å². The van der Waals surface area contributed by atoms with Crippen LogP contribution in [0.5, 0.6) is 0 Å². The molecule has 1 aromatic rings. The molecule has 2 aliphatic rings. The summed E-state index contributed by atoms with van der Waals surface area (Å²) < 4.78 is 5.82. The third kappa shape index (κ3) is 2.30. The number of aliphatic hydroxyl groups is 1. The van der Waals surface area contributed by atoms with Crippen LogP contribution in [-0.4, -0.2) is 51.9 Å². The minimum atomic E-state index is 0.282. The molecule has 5 nitrogen and oxygen atoms in total. The molecule has 1 saturated heterocycles. The quantitative estimate of drug-likeness (QED) is 0.830. The molecule has 0 unspecified atom stereocenters. The molecule has 18 heavy (non-hydrogen) atoms. The van der Waals surface area contributed by atoms with E-state index in [9.17, 15) is 5.11 Å². The number of morpholine rings is 1. The third-order valence-corrected chi connectivity index (χ3v) is 4.12. The Morgan fingerprint density at radius 1 is 1.56 bits per heavy atom. The SMILES string of the molecule is Cc1cnc(CN2CCO[C@H]3C[C@H](CO)C[C@@H]32)[nH]1. The summed E-state index contributed by atoms with van der Waals surface area (Å²) in [4.78, 5) is 10.1. The summed E-state index contributed by atoms with van der Waals surface area (Å²) in [6, 6.07) is 0.446. The van der Waals surface area contributed by atoms with E-state index in [4.69, 9.17) is 4.74 Å². The second-order valence-corrected chi connectivity index (χ2v) is 5.48. The topological polar surface area (TPSA) is 61.4 Å². The number of aliphatic hydroxyl groups excluding tert-OH is 1. The number of imidazole rings is 1. The van der Waals surface area contributed by atoms with Gasteiger partial charge in [0.1, 0.15) is 5.82 Å². The second kappa shape index (κ2) is 4.99. The van der Waals surface area contributed by atoms with Crippen molar-refractivity contribution in [3.63, 3.8) is 0 Å². The van der Waals surface area contributed by atoms with Gasteiger partial charge in [0.25, 0.3) is 0 Å². The van der Waals surface area contributed by atoms with Gasteiger partial charge in [-0.1, -0.05) is 0 Å². The minimum absolute atomic E-state index is 0.282. The van der Waals surface area contributed by atoms with Crippen molar-refractivity contribution < 1.29 is 9.84 Å². The Morgan fingerprint density at radius 2 is 2.44 bits per heavy atom. The summed E-state index contributed by atoms with van der Waals surface area (Å²) in [5.74, 6) is 1.43. The lowest BCUT2D eigenvalue weighted by molar-refractivity contribution is -0.0597. The molecule has 0 spiro atoms. The molecule has 1 aliphatic heterocycles. The van der Waals surface area contributed by atoms with Crippen molar-refractivity contribution in [2.24, 2.45) is 5.92 Å². The summed E-state index contributed by atoms with van der Waals surface area (Å²) in [5.41, 5.74) is 1.11. The van der Waals surface area contributed by atoms with Crippen molar-refractivity contribution in [3.05, 3.63) is 17.7 Å².